The molecular formula is C21H20N4O2. The van der Waals surface area contributed by atoms with Crippen LogP contribution in [-0.2, 0) is 11.3 Å². The van der Waals surface area contributed by atoms with E-state index < -0.39 is 0 Å². The predicted octanol–water partition coefficient (Wildman–Crippen LogP) is 4.04. The highest BCUT2D eigenvalue weighted by Gasteiger charge is 2.38. The number of carbonyl (C=O) groups excluding carboxylic acids is 1. The molecule has 1 aromatic carbocycles. The Hall–Kier alpha value is -3.15. The molecule has 1 amide bonds. The summed E-state index contributed by atoms with van der Waals surface area (Å²) in [5.74, 6) is 1.46. The second-order valence-electron chi connectivity index (χ2n) is 7.26. The molecule has 6 heteroatoms. The van der Waals surface area contributed by atoms with E-state index in [4.69, 9.17) is 4.42 Å². The van der Waals surface area contributed by atoms with E-state index in [1.807, 2.05) is 23.1 Å². The number of pyridine rings is 1. The number of nitrogens with one attached hydrogen (secondary N) is 1. The normalized spacial score (nSPS) is 18.4. The fourth-order valence-electron chi connectivity index (χ4n) is 3.72. The topological polar surface area (TPSA) is 71.3 Å². The third kappa shape index (κ3) is 3.18. The molecule has 1 N–H and O–H groups in total. The molecule has 0 bridgehead atoms. The van der Waals surface area contributed by atoms with E-state index in [9.17, 15) is 4.79 Å². The van der Waals surface area contributed by atoms with Gasteiger partial charge in [0.05, 0.1) is 18.1 Å². The number of amides is 1. The van der Waals surface area contributed by atoms with Gasteiger partial charge in [0.1, 0.15) is 6.04 Å². The van der Waals surface area contributed by atoms with Gasteiger partial charge in [-0.3, -0.25) is 9.78 Å². The van der Waals surface area contributed by atoms with Crippen molar-refractivity contribution >= 4 is 17.3 Å². The zero-order valence-corrected chi connectivity index (χ0v) is 14.8. The van der Waals surface area contributed by atoms with Gasteiger partial charge in [-0.05, 0) is 54.2 Å². The zero-order valence-electron chi connectivity index (χ0n) is 14.8. The first kappa shape index (κ1) is 16.1. The Bertz CT molecular complexity index is 952. The van der Waals surface area contributed by atoms with Crippen LogP contribution in [0.1, 0.15) is 42.2 Å². The molecule has 2 aliphatic rings. The molecule has 3 aromatic rings. The highest BCUT2D eigenvalue weighted by Crippen LogP contribution is 2.42. The quantitative estimate of drug-likeness (QED) is 0.743. The van der Waals surface area contributed by atoms with Gasteiger partial charge in [0, 0.05) is 24.8 Å². The molecule has 5 rings (SSSR count). The maximum Gasteiger partial charge on any atom is 0.224 e. The molecule has 1 aliphatic carbocycles. The van der Waals surface area contributed by atoms with E-state index in [-0.39, 0.29) is 11.9 Å². The van der Waals surface area contributed by atoms with Gasteiger partial charge >= 0.3 is 0 Å². The fraction of sp³-hybridized carbons (Fsp3) is 0.286. The van der Waals surface area contributed by atoms with Gasteiger partial charge < -0.3 is 14.6 Å². The van der Waals surface area contributed by atoms with Crippen molar-refractivity contribution in [2.24, 2.45) is 5.92 Å². The van der Waals surface area contributed by atoms with Crippen molar-refractivity contribution in [3.05, 3.63) is 72.2 Å². The number of fused-ring (bicyclic) bond motifs is 1. The van der Waals surface area contributed by atoms with Crippen molar-refractivity contribution in [2.75, 3.05) is 5.32 Å². The Morgan fingerprint density at radius 2 is 2.11 bits per heavy atom. The first-order chi connectivity index (χ1) is 13.3. The summed E-state index contributed by atoms with van der Waals surface area (Å²) in [6.45, 7) is 0.592. The third-order valence-electron chi connectivity index (χ3n) is 5.24. The Morgan fingerprint density at radius 1 is 1.19 bits per heavy atom. The number of oxazole rings is 1. The number of nitrogens with zero attached hydrogens (tertiary/aromatic N) is 3. The maximum absolute atomic E-state index is 12.9. The van der Waals surface area contributed by atoms with E-state index in [1.54, 1.807) is 18.6 Å². The van der Waals surface area contributed by atoms with Crippen LogP contribution in [0.4, 0.5) is 11.4 Å². The SMILES string of the molecule is O=C(CC1CC1)N1Cc2cc(Nc3cccnc3)ccc2[C@H]1c1cnco1. The molecule has 3 heterocycles. The second kappa shape index (κ2) is 6.54. The van der Waals surface area contributed by atoms with Crippen LogP contribution < -0.4 is 5.32 Å². The number of aromatic nitrogens is 2. The Balaban J connectivity index is 1.45. The highest BCUT2D eigenvalue weighted by molar-refractivity contribution is 5.79. The van der Waals surface area contributed by atoms with Gasteiger partial charge in [0.25, 0.3) is 0 Å². The first-order valence-corrected chi connectivity index (χ1v) is 9.25. The Morgan fingerprint density at radius 3 is 2.85 bits per heavy atom. The maximum atomic E-state index is 12.9. The van der Waals surface area contributed by atoms with Crippen molar-refractivity contribution in [1.82, 2.24) is 14.9 Å². The number of hydrogen-bond acceptors (Lipinski definition) is 5. The number of benzene rings is 1. The fourth-order valence-corrected chi connectivity index (χ4v) is 3.72. The summed E-state index contributed by atoms with van der Waals surface area (Å²) in [6.07, 6.45) is 9.63. The molecule has 0 radical (unpaired) electrons. The second-order valence-corrected chi connectivity index (χ2v) is 7.26. The van der Waals surface area contributed by atoms with Crippen molar-refractivity contribution < 1.29 is 9.21 Å². The van der Waals surface area contributed by atoms with Crippen LogP contribution in [-0.4, -0.2) is 20.8 Å². The van der Waals surface area contributed by atoms with Gasteiger partial charge in [-0.15, -0.1) is 0 Å². The molecule has 1 aliphatic heterocycles. The summed E-state index contributed by atoms with van der Waals surface area (Å²) in [6, 6.07) is 9.89. The minimum atomic E-state index is -0.193. The molecule has 0 unspecified atom stereocenters. The average molecular weight is 360 g/mol. The lowest BCUT2D eigenvalue weighted by molar-refractivity contribution is -0.133. The highest BCUT2D eigenvalue weighted by atomic mass is 16.3. The van der Waals surface area contributed by atoms with Crippen molar-refractivity contribution in [2.45, 2.75) is 31.8 Å². The van der Waals surface area contributed by atoms with Crippen LogP contribution in [0, 0.1) is 5.92 Å². The lowest BCUT2D eigenvalue weighted by Crippen LogP contribution is -2.30. The van der Waals surface area contributed by atoms with Crippen LogP contribution in [0.15, 0.2) is 59.7 Å². The van der Waals surface area contributed by atoms with Crippen LogP contribution >= 0.6 is 0 Å². The van der Waals surface area contributed by atoms with Crippen molar-refractivity contribution in [1.29, 1.82) is 0 Å². The van der Waals surface area contributed by atoms with Gasteiger partial charge in [-0.1, -0.05) is 6.07 Å². The molecule has 2 aromatic heterocycles. The number of anilines is 2. The smallest absolute Gasteiger partial charge is 0.224 e. The van der Waals surface area contributed by atoms with E-state index in [0.29, 0.717) is 24.6 Å². The largest absolute Gasteiger partial charge is 0.446 e. The minimum Gasteiger partial charge on any atom is -0.446 e. The average Bonchev–Trinajstić information content (AvgIpc) is 3.19. The summed E-state index contributed by atoms with van der Waals surface area (Å²) >= 11 is 0. The van der Waals surface area contributed by atoms with Crippen LogP contribution in [0.25, 0.3) is 0 Å². The third-order valence-corrected chi connectivity index (χ3v) is 5.24. The molecular weight excluding hydrogens is 340 g/mol. The van der Waals surface area contributed by atoms with E-state index >= 15 is 0 Å². The lowest BCUT2D eigenvalue weighted by Gasteiger charge is -2.23. The monoisotopic (exact) mass is 360 g/mol. The van der Waals surface area contributed by atoms with E-state index in [1.165, 1.54) is 19.2 Å². The molecule has 6 nitrogen and oxygen atoms in total. The predicted molar refractivity (Wildman–Crippen MR) is 100 cm³/mol. The van der Waals surface area contributed by atoms with Gasteiger partial charge in [-0.25, -0.2) is 4.98 Å². The standard InChI is InChI=1S/C21H20N4O2/c26-20(8-14-3-4-14)25-12-15-9-16(24-17-2-1-7-22-10-17)5-6-18(15)21(25)19-11-23-13-27-19/h1-2,5-7,9-11,13-14,21,24H,3-4,8,12H2/t21-/m0/s1. The molecule has 0 saturated heterocycles. The summed E-state index contributed by atoms with van der Waals surface area (Å²) < 4.78 is 5.57. The summed E-state index contributed by atoms with van der Waals surface area (Å²) in [4.78, 5) is 23.0. The van der Waals surface area contributed by atoms with E-state index in [2.05, 4.69) is 27.4 Å². The Labute approximate surface area is 157 Å². The minimum absolute atomic E-state index is 0.192. The summed E-state index contributed by atoms with van der Waals surface area (Å²) in [5, 5.41) is 3.37. The lowest BCUT2D eigenvalue weighted by atomic mass is 10.0. The van der Waals surface area contributed by atoms with E-state index in [0.717, 1.165) is 22.5 Å². The molecule has 1 fully saturated rings. The molecule has 27 heavy (non-hydrogen) atoms. The number of rotatable bonds is 5. The molecule has 1 atom stereocenters. The van der Waals surface area contributed by atoms with Crippen LogP contribution in [0.5, 0.6) is 0 Å². The molecule has 1 saturated carbocycles. The number of hydrogen-bond donors (Lipinski definition) is 1. The van der Waals surface area contributed by atoms with Gasteiger partial charge in [-0.2, -0.15) is 0 Å². The summed E-state index contributed by atoms with van der Waals surface area (Å²) in [7, 11) is 0. The first-order valence-electron chi connectivity index (χ1n) is 9.25. The molecule has 0 spiro atoms. The van der Waals surface area contributed by atoms with Crippen molar-refractivity contribution in [3.8, 4) is 0 Å². The van der Waals surface area contributed by atoms with Gasteiger partial charge in [0.15, 0.2) is 12.2 Å². The number of carbonyl (C=O) groups is 1. The summed E-state index contributed by atoms with van der Waals surface area (Å²) in [5.41, 5.74) is 4.15. The van der Waals surface area contributed by atoms with Crippen LogP contribution in [0.2, 0.25) is 0 Å². The molecule has 136 valence electrons. The zero-order chi connectivity index (χ0) is 18.2. The van der Waals surface area contributed by atoms with Gasteiger partial charge in [0.2, 0.25) is 5.91 Å². The van der Waals surface area contributed by atoms with Crippen LogP contribution in [0.3, 0.4) is 0 Å². The van der Waals surface area contributed by atoms with Crippen molar-refractivity contribution in [3.63, 3.8) is 0 Å². The Kier molecular flexibility index (Phi) is 3.89.